The van der Waals surface area contributed by atoms with E-state index in [2.05, 4.69) is 0 Å². The zero-order chi connectivity index (χ0) is 10.2. The van der Waals surface area contributed by atoms with Crippen molar-refractivity contribution in [2.75, 3.05) is 6.61 Å². The van der Waals surface area contributed by atoms with Crippen LogP contribution in [-0.2, 0) is 6.42 Å². The van der Waals surface area contributed by atoms with Gasteiger partial charge in [-0.15, -0.1) is 0 Å². The third-order valence-electron chi connectivity index (χ3n) is 3.20. The van der Waals surface area contributed by atoms with Gasteiger partial charge < -0.3 is 5.11 Å². The van der Waals surface area contributed by atoms with Crippen molar-refractivity contribution in [1.29, 1.82) is 0 Å². The van der Waals surface area contributed by atoms with Gasteiger partial charge in [-0.25, -0.2) is 4.39 Å². The van der Waals surface area contributed by atoms with E-state index in [9.17, 15) is 9.50 Å². The molecule has 1 aromatic rings. The van der Waals surface area contributed by atoms with Gasteiger partial charge in [0.2, 0.25) is 0 Å². The minimum Gasteiger partial charge on any atom is -0.396 e. The fourth-order valence-corrected chi connectivity index (χ4v) is 1.83. The first-order valence-electron chi connectivity index (χ1n) is 5.02. The van der Waals surface area contributed by atoms with Crippen LogP contribution in [0.1, 0.15) is 24.0 Å². The highest BCUT2D eigenvalue weighted by Gasteiger charge is 2.42. The lowest BCUT2D eigenvalue weighted by Gasteiger charge is -2.14. The highest BCUT2D eigenvalue weighted by Crippen LogP contribution is 2.48. The molecule has 0 bridgehead atoms. The van der Waals surface area contributed by atoms with Crippen LogP contribution in [0, 0.1) is 18.2 Å². The van der Waals surface area contributed by atoms with Gasteiger partial charge in [-0.1, -0.05) is 12.1 Å². The summed E-state index contributed by atoms with van der Waals surface area (Å²) in [5.41, 5.74) is 1.76. The van der Waals surface area contributed by atoms with Crippen LogP contribution in [0.2, 0.25) is 0 Å². The first-order valence-corrected chi connectivity index (χ1v) is 5.02. The van der Waals surface area contributed by atoms with Gasteiger partial charge in [0.1, 0.15) is 5.82 Å². The normalized spacial score (nSPS) is 18.2. The second-order valence-electron chi connectivity index (χ2n) is 4.37. The Labute approximate surface area is 83.6 Å². The molecule has 2 heteroatoms. The Morgan fingerprint density at radius 3 is 2.64 bits per heavy atom. The molecule has 0 heterocycles. The maximum absolute atomic E-state index is 13.5. The van der Waals surface area contributed by atoms with Crippen molar-refractivity contribution in [2.45, 2.75) is 26.2 Å². The van der Waals surface area contributed by atoms with Crippen LogP contribution >= 0.6 is 0 Å². The Balaban J connectivity index is 2.24. The van der Waals surface area contributed by atoms with E-state index in [-0.39, 0.29) is 17.8 Å². The van der Waals surface area contributed by atoms with E-state index in [4.69, 9.17) is 0 Å². The molecule has 2 rings (SSSR count). The summed E-state index contributed by atoms with van der Waals surface area (Å²) >= 11 is 0. The number of benzene rings is 1. The molecule has 0 aliphatic heterocycles. The Kier molecular flexibility index (Phi) is 2.31. The molecular formula is C12H15FO. The van der Waals surface area contributed by atoms with Crippen molar-refractivity contribution in [3.8, 4) is 0 Å². The summed E-state index contributed by atoms with van der Waals surface area (Å²) in [5, 5.41) is 9.18. The minimum atomic E-state index is -0.135. The molecule has 1 aliphatic carbocycles. The van der Waals surface area contributed by atoms with Gasteiger partial charge in [-0.05, 0) is 48.8 Å². The molecule has 0 radical (unpaired) electrons. The lowest BCUT2D eigenvalue weighted by atomic mass is 9.94. The predicted molar refractivity (Wildman–Crippen MR) is 53.6 cm³/mol. The van der Waals surface area contributed by atoms with E-state index >= 15 is 0 Å². The summed E-state index contributed by atoms with van der Waals surface area (Å²) < 4.78 is 13.5. The van der Waals surface area contributed by atoms with E-state index in [1.54, 1.807) is 6.07 Å². The van der Waals surface area contributed by atoms with Crippen LogP contribution in [-0.4, -0.2) is 11.7 Å². The molecule has 14 heavy (non-hydrogen) atoms. The van der Waals surface area contributed by atoms with Crippen molar-refractivity contribution in [3.63, 3.8) is 0 Å². The fraction of sp³-hybridized carbons (Fsp3) is 0.500. The standard InChI is InChI=1S/C12H15FO/c1-9-3-2-4-11(13)10(9)7-12(8-14)5-6-12/h2-4,14H,5-8H2,1H3. The molecule has 1 N–H and O–H groups in total. The molecule has 0 spiro atoms. The Morgan fingerprint density at radius 1 is 1.43 bits per heavy atom. The highest BCUT2D eigenvalue weighted by molar-refractivity contribution is 5.29. The molecule has 1 saturated carbocycles. The smallest absolute Gasteiger partial charge is 0.126 e. The molecule has 1 nitrogen and oxygen atoms in total. The molecule has 0 amide bonds. The Hall–Kier alpha value is -0.890. The minimum absolute atomic E-state index is 0.00699. The van der Waals surface area contributed by atoms with Crippen molar-refractivity contribution in [1.82, 2.24) is 0 Å². The number of aliphatic hydroxyl groups is 1. The number of rotatable bonds is 3. The molecule has 0 saturated heterocycles. The number of aryl methyl sites for hydroxylation is 1. The quantitative estimate of drug-likeness (QED) is 0.783. The zero-order valence-electron chi connectivity index (χ0n) is 8.39. The largest absolute Gasteiger partial charge is 0.396 e. The molecule has 1 aromatic carbocycles. The monoisotopic (exact) mass is 194 g/mol. The van der Waals surface area contributed by atoms with Crippen LogP contribution in [0.25, 0.3) is 0 Å². The van der Waals surface area contributed by atoms with E-state index in [0.29, 0.717) is 6.42 Å². The summed E-state index contributed by atoms with van der Waals surface area (Å²) in [6.07, 6.45) is 2.73. The number of halogens is 1. The van der Waals surface area contributed by atoms with Gasteiger partial charge in [0.05, 0.1) is 0 Å². The van der Waals surface area contributed by atoms with Gasteiger partial charge >= 0.3 is 0 Å². The van der Waals surface area contributed by atoms with Gasteiger partial charge in [-0.3, -0.25) is 0 Å². The summed E-state index contributed by atoms with van der Waals surface area (Å²) in [6.45, 7) is 2.10. The molecule has 0 aromatic heterocycles. The van der Waals surface area contributed by atoms with Crippen molar-refractivity contribution >= 4 is 0 Å². The van der Waals surface area contributed by atoms with E-state index < -0.39 is 0 Å². The Bertz CT molecular complexity index is 322. The van der Waals surface area contributed by atoms with Crippen molar-refractivity contribution in [3.05, 3.63) is 35.1 Å². The lowest BCUT2D eigenvalue weighted by Crippen LogP contribution is -2.12. The van der Waals surface area contributed by atoms with Crippen LogP contribution in [0.5, 0.6) is 0 Å². The molecular weight excluding hydrogens is 179 g/mol. The molecule has 1 fully saturated rings. The average molecular weight is 194 g/mol. The third-order valence-corrected chi connectivity index (χ3v) is 3.20. The SMILES string of the molecule is Cc1cccc(F)c1CC1(CO)CC1. The summed E-state index contributed by atoms with van der Waals surface area (Å²) in [7, 11) is 0. The second kappa shape index (κ2) is 3.35. The molecule has 0 atom stereocenters. The first kappa shape index (κ1) is 9.66. The van der Waals surface area contributed by atoms with Gasteiger partial charge in [0.25, 0.3) is 0 Å². The fourth-order valence-electron chi connectivity index (χ4n) is 1.83. The van der Waals surface area contributed by atoms with E-state index in [0.717, 1.165) is 24.0 Å². The topological polar surface area (TPSA) is 20.2 Å². The first-order chi connectivity index (χ1) is 6.67. The number of aliphatic hydroxyl groups excluding tert-OH is 1. The second-order valence-corrected chi connectivity index (χ2v) is 4.37. The maximum atomic E-state index is 13.5. The third kappa shape index (κ3) is 1.67. The zero-order valence-corrected chi connectivity index (χ0v) is 8.39. The van der Waals surface area contributed by atoms with Gasteiger partial charge in [0.15, 0.2) is 0 Å². The van der Waals surface area contributed by atoms with E-state index in [1.165, 1.54) is 6.07 Å². The Morgan fingerprint density at radius 2 is 2.14 bits per heavy atom. The van der Waals surface area contributed by atoms with Gasteiger partial charge in [-0.2, -0.15) is 0 Å². The van der Waals surface area contributed by atoms with Crippen LogP contribution in [0.4, 0.5) is 4.39 Å². The van der Waals surface area contributed by atoms with Crippen molar-refractivity contribution < 1.29 is 9.50 Å². The highest BCUT2D eigenvalue weighted by atomic mass is 19.1. The molecule has 1 aliphatic rings. The average Bonchev–Trinajstić information content (AvgIpc) is 2.93. The summed E-state index contributed by atoms with van der Waals surface area (Å²) in [6, 6.07) is 5.15. The summed E-state index contributed by atoms with van der Waals surface area (Å²) in [4.78, 5) is 0. The molecule has 0 unspecified atom stereocenters. The van der Waals surface area contributed by atoms with Crippen molar-refractivity contribution in [2.24, 2.45) is 5.41 Å². The predicted octanol–water partition coefficient (Wildman–Crippen LogP) is 2.45. The lowest BCUT2D eigenvalue weighted by molar-refractivity contribution is 0.210. The molecule has 76 valence electrons. The van der Waals surface area contributed by atoms with Gasteiger partial charge in [0, 0.05) is 6.61 Å². The maximum Gasteiger partial charge on any atom is 0.126 e. The van der Waals surface area contributed by atoms with Crippen LogP contribution in [0.15, 0.2) is 18.2 Å². The number of hydrogen-bond donors (Lipinski definition) is 1. The van der Waals surface area contributed by atoms with Crippen LogP contribution < -0.4 is 0 Å². The van der Waals surface area contributed by atoms with Crippen LogP contribution in [0.3, 0.4) is 0 Å². The van der Waals surface area contributed by atoms with E-state index in [1.807, 2.05) is 13.0 Å². The summed E-state index contributed by atoms with van der Waals surface area (Å²) in [5.74, 6) is -0.135. The number of hydrogen-bond acceptors (Lipinski definition) is 1.